The predicted molar refractivity (Wildman–Crippen MR) is 48.0 cm³/mol. The third-order valence-electron chi connectivity index (χ3n) is 1.58. The smallest absolute Gasteiger partial charge is 0.218 e. The van der Waals surface area contributed by atoms with Crippen molar-refractivity contribution in [3.05, 3.63) is 17.9 Å². The Kier molecular flexibility index (Phi) is 3.43. The van der Waals surface area contributed by atoms with Crippen LogP contribution in [0.3, 0.4) is 0 Å². The van der Waals surface area contributed by atoms with Gasteiger partial charge in [0.2, 0.25) is 14.9 Å². The fourth-order valence-electron chi connectivity index (χ4n) is 0.858. The van der Waals surface area contributed by atoms with Gasteiger partial charge in [-0.25, -0.2) is 8.42 Å². The van der Waals surface area contributed by atoms with Crippen molar-refractivity contribution in [1.29, 1.82) is 0 Å². The molecule has 0 N–H and O–H groups in total. The normalized spacial score (nSPS) is 11.5. The van der Waals surface area contributed by atoms with E-state index >= 15 is 0 Å². The van der Waals surface area contributed by atoms with E-state index in [0.29, 0.717) is 6.29 Å². The minimum Gasteiger partial charge on any atom is -0.442 e. The second kappa shape index (κ2) is 4.39. The third-order valence-corrected chi connectivity index (χ3v) is 3.12. The van der Waals surface area contributed by atoms with Crippen molar-refractivity contribution in [2.24, 2.45) is 0 Å². The van der Waals surface area contributed by atoms with Crippen LogP contribution in [0.5, 0.6) is 0 Å². The van der Waals surface area contributed by atoms with Gasteiger partial charge in [-0.3, -0.25) is 4.79 Å². The number of methoxy groups -OCH3 is 1. The summed E-state index contributed by atoms with van der Waals surface area (Å²) in [5, 5.41) is -0.198. The molecule has 1 heterocycles. The number of sulfone groups is 1. The highest BCUT2D eigenvalue weighted by atomic mass is 32.2. The Morgan fingerprint density at radius 1 is 1.50 bits per heavy atom. The Bertz CT molecular complexity index is 403. The van der Waals surface area contributed by atoms with Gasteiger partial charge in [0.1, 0.15) is 0 Å². The fourth-order valence-corrected chi connectivity index (χ4v) is 1.94. The minimum absolute atomic E-state index is 0.000918. The van der Waals surface area contributed by atoms with Crippen molar-refractivity contribution in [2.75, 3.05) is 19.5 Å². The van der Waals surface area contributed by atoms with Crippen LogP contribution in [0.1, 0.15) is 10.6 Å². The summed E-state index contributed by atoms with van der Waals surface area (Å²) in [7, 11) is -2.05. The van der Waals surface area contributed by atoms with Gasteiger partial charge in [-0.05, 0) is 12.1 Å². The van der Waals surface area contributed by atoms with Gasteiger partial charge in [0.05, 0.1) is 12.4 Å². The van der Waals surface area contributed by atoms with Crippen molar-refractivity contribution < 1.29 is 22.4 Å². The quantitative estimate of drug-likeness (QED) is 0.673. The maximum atomic E-state index is 11.4. The van der Waals surface area contributed by atoms with Crippen molar-refractivity contribution in [1.82, 2.24) is 0 Å². The Hall–Kier alpha value is -1.14. The van der Waals surface area contributed by atoms with Crippen LogP contribution in [0.2, 0.25) is 0 Å². The van der Waals surface area contributed by atoms with E-state index < -0.39 is 9.84 Å². The number of furan rings is 1. The number of carbonyl (C=O) groups is 1. The Balaban J connectivity index is 2.87. The summed E-state index contributed by atoms with van der Waals surface area (Å²) in [6.45, 7) is 0.0967. The topological polar surface area (TPSA) is 73.6 Å². The molecule has 1 aromatic rings. The minimum atomic E-state index is -3.46. The van der Waals surface area contributed by atoms with Gasteiger partial charge in [-0.1, -0.05) is 0 Å². The van der Waals surface area contributed by atoms with Crippen molar-refractivity contribution >= 4 is 16.1 Å². The summed E-state index contributed by atoms with van der Waals surface area (Å²) in [5.41, 5.74) is 0. The third kappa shape index (κ3) is 2.43. The maximum Gasteiger partial charge on any atom is 0.218 e. The standard InChI is InChI=1S/C8H10O5S/c1-12-4-5-14(10,11)8-3-2-7(6-9)13-8/h2-3,6H,4-5H2,1H3. The molecule has 5 nitrogen and oxygen atoms in total. The van der Waals surface area contributed by atoms with Crippen molar-refractivity contribution in [2.45, 2.75) is 5.09 Å². The molecule has 0 radical (unpaired) electrons. The Morgan fingerprint density at radius 2 is 2.21 bits per heavy atom. The second-order valence-electron chi connectivity index (χ2n) is 2.59. The van der Waals surface area contributed by atoms with Gasteiger partial charge >= 0.3 is 0 Å². The lowest BCUT2D eigenvalue weighted by atomic mass is 10.5. The van der Waals surface area contributed by atoms with Gasteiger partial charge in [0, 0.05) is 7.11 Å². The lowest BCUT2D eigenvalue weighted by Gasteiger charge is -1.98. The van der Waals surface area contributed by atoms with Crippen LogP contribution in [-0.4, -0.2) is 34.2 Å². The van der Waals surface area contributed by atoms with Gasteiger partial charge < -0.3 is 9.15 Å². The van der Waals surface area contributed by atoms with Gasteiger partial charge in [-0.15, -0.1) is 0 Å². The molecule has 0 aliphatic carbocycles. The molecule has 0 amide bonds. The fraction of sp³-hybridized carbons (Fsp3) is 0.375. The summed E-state index contributed by atoms with van der Waals surface area (Å²) in [5.74, 6) is -0.157. The molecular weight excluding hydrogens is 208 g/mol. The number of hydrogen-bond acceptors (Lipinski definition) is 5. The van der Waals surface area contributed by atoms with E-state index in [4.69, 9.17) is 4.42 Å². The second-order valence-corrected chi connectivity index (χ2v) is 4.63. The number of rotatable bonds is 5. The lowest BCUT2D eigenvalue weighted by Crippen LogP contribution is -2.10. The molecular formula is C8H10O5S. The van der Waals surface area contributed by atoms with E-state index in [1.54, 1.807) is 0 Å². The zero-order valence-corrected chi connectivity index (χ0v) is 8.41. The van der Waals surface area contributed by atoms with Crippen LogP contribution in [-0.2, 0) is 14.6 Å². The van der Waals surface area contributed by atoms with E-state index in [-0.39, 0.29) is 23.2 Å². The number of carbonyl (C=O) groups excluding carboxylic acids is 1. The molecule has 0 aliphatic rings. The molecule has 0 unspecified atom stereocenters. The van der Waals surface area contributed by atoms with Gasteiger partial charge in [0.15, 0.2) is 12.0 Å². The molecule has 0 aliphatic heterocycles. The summed E-state index contributed by atoms with van der Waals surface area (Å²) in [6.07, 6.45) is 0.454. The van der Waals surface area contributed by atoms with Crippen LogP contribution in [0.15, 0.2) is 21.6 Å². The lowest BCUT2D eigenvalue weighted by molar-refractivity contribution is 0.109. The van der Waals surface area contributed by atoms with E-state index in [2.05, 4.69) is 4.74 Å². The molecule has 0 bridgehead atoms. The van der Waals surface area contributed by atoms with Crippen LogP contribution in [0.4, 0.5) is 0 Å². The van der Waals surface area contributed by atoms with E-state index in [1.165, 1.54) is 19.2 Å². The molecule has 0 spiro atoms. The predicted octanol–water partition coefficient (Wildman–Crippen LogP) is 0.512. The van der Waals surface area contributed by atoms with Crippen LogP contribution < -0.4 is 0 Å². The number of aldehydes is 1. The highest BCUT2D eigenvalue weighted by Gasteiger charge is 2.18. The molecule has 0 aromatic carbocycles. The molecule has 14 heavy (non-hydrogen) atoms. The molecule has 0 atom stereocenters. The molecule has 0 saturated carbocycles. The number of ether oxygens (including phenoxy) is 1. The first-order chi connectivity index (χ1) is 6.60. The molecule has 6 heteroatoms. The van der Waals surface area contributed by atoms with Gasteiger partial charge in [-0.2, -0.15) is 0 Å². The number of hydrogen-bond donors (Lipinski definition) is 0. The van der Waals surface area contributed by atoms with Crippen molar-refractivity contribution in [3.8, 4) is 0 Å². The van der Waals surface area contributed by atoms with E-state index in [9.17, 15) is 13.2 Å². The van der Waals surface area contributed by atoms with Gasteiger partial charge in [0.25, 0.3) is 0 Å². The van der Waals surface area contributed by atoms with Crippen LogP contribution in [0, 0.1) is 0 Å². The SMILES string of the molecule is COCCS(=O)(=O)c1ccc(C=O)o1. The summed E-state index contributed by atoms with van der Waals surface area (Å²) in [4.78, 5) is 10.2. The zero-order valence-electron chi connectivity index (χ0n) is 7.60. The largest absolute Gasteiger partial charge is 0.442 e. The summed E-state index contributed by atoms with van der Waals surface area (Å²) >= 11 is 0. The summed E-state index contributed by atoms with van der Waals surface area (Å²) in [6, 6.07) is 2.57. The zero-order chi connectivity index (χ0) is 10.6. The Labute approximate surface area is 81.6 Å². The van der Waals surface area contributed by atoms with Crippen molar-refractivity contribution in [3.63, 3.8) is 0 Å². The monoisotopic (exact) mass is 218 g/mol. The average Bonchev–Trinajstić information content (AvgIpc) is 2.63. The molecule has 1 rings (SSSR count). The van der Waals surface area contributed by atoms with E-state index in [1.807, 2.05) is 0 Å². The molecule has 0 saturated heterocycles. The Morgan fingerprint density at radius 3 is 2.71 bits per heavy atom. The van der Waals surface area contributed by atoms with Crippen LogP contribution in [0.25, 0.3) is 0 Å². The first-order valence-electron chi connectivity index (χ1n) is 3.87. The highest BCUT2D eigenvalue weighted by molar-refractivity contribution is 7.91. The summed E-state index contributed by atoms with van der Waals surface area (Å²) < 4.78 is 32.3. The average molecular weight is 218 g/mol. The first kappa shape index (κ1) is 10.9. The molecule has 1 aromatic heterocycles. The molecule has 78 valence electrons. The molecule has 0 fully saturated rings. The van der Waals surface area contributed by atoms with Crippen LogP contribution >= 0.6 is 0 Å². The highest BCUT2D eigenvalue weighted by Crippen LogP contribution is 2.13. The van der Waals surface area contributed by atoms with E-state index in [0.717, 1.165) is 0 Å². The maximum absolute atomic E-state index is 11.4. The first-order valence-corrected chi connectivity index (χ1v) is 5.52.